The molecule has 0 aliphatic carbocycles. The molecule has 1 aliphatic rings. The average molecular weight is 367 g/mol. The van der Waals surface area contributed by atoms with Crippen LogP contribution in [0, 0.1) is 11.3 Å². The molecule has 0 N–H and O–H groups in total. The first-order valence-corrected chi connectivity index (χ1v) is 8.64. The number of aromatic nitrogens is 2. The van der Waals surface area contributed by atoms with Gasteiger partial charge in [-0.1, -0.05) is 6.07 Å². The van der Waals surface area contributed by atoms with Crippen molar-refractivity contribution in [3.63, 3.8) is 0 Å². The Morgan fingerprint density at radius 2 is 1.71 bits per heavy atom. The van der Waals surface area contributed by atoms with Crippen LogP contribution in [0.5, 0.6) is 11.5 Å². The van der Waals surface area contributed by atoms with Gasteiger partial charge in [0.25, 0.3) is 0 Å². The number of benzene rings is 2. The molecule has 0 spiro atoms. The van der Waals surface area contributed by atoms with Crippen LogP contribution in [0.1, 0.15) is 5.56 Å². The summed E-state index contributed by atoms with van der Waals surface area (Å²) in [5, 5.41) is 9.00. The highest BCUT2D eigenvalue weighted by atomic mass is 16.7. The Labute approximate surface area is 160 Å². The molecule has 0 fully saturated rings. The SMILES string of the molecule is N#Cc1ccc(-c2nc(-c3ccccn3)c(-c3ccc4c(c3)OCO4)o2)cc1. The summed E-state index contributed by atoms with van der Waals surface area (Å²) >= 11 is 0. The number of ether oxygens (including phenoxy) is 2. The number of rotatable bonds is 3. The van der Waals surface area contributed by atoms with E-state index in [9.17, 15) is 0 Å². The van der Waals surface area contributed by atoms with E-state index in [1.807, 2.05) is 48.5 Å². The maximum Gasteiger partial charge on any atom is 0.231 e. The van der Waals surface area contributed by atoms with Gasteiger partial charge in [0.1, 0.15) is 5.69 Å². The van der Waals surface area contributed by atoms with Crippen LogP contribution in [0.15, 0.2) is 71.3 Å². The lowest BCUT2D eigenvalue weighted by atomic mass is 10.1. The molecule has 0 saturated carbocycles. The Balaban J connectivity index is 1.66. The molecule has 0 bridgehead atoms. The van der Waals surface area contributed by atoms with Gasteiger partial charge in [-0.25, -0.2) is 4.98 Å². The summed E-state index contributed by atoms with van der Waals surface area (Å²) in [5.74, 6) is 2.42. The topological polar surface area (TPSA) is 81.2 Å². The van der Waals surface area contributed by atoms with Gasteiger partial charge >= 0.3 is 0 Å². The number of pyridine rings is 1. The lowest BCUT2D eigenvalue weighted by Gasteiger charge is -2.02. The number of hydrogen-bond donors (Lipinski definition) is 0. The molecule has 0 atom stereocenters. The normalized spacial score (nSPS) is 12.0. The van der Waals surface area contributed by atoms with Gasteiger partial charge in [-0.3, -0.25) is 4.98 Å². The first-order chi connectivity index (χ1) is 13.8. The predicted molar refractivity (Wildman–Crippen MR) is 101 cm³/mol. The van der Waals surface area contributed by atoms with E-state index in [0.29, 0.717) is 40.1 Å². The van der Waals surface area contributed by atoms with E-state index in [1.54, 1.807) is 18.3 Å². The van der Waals surface area contributed by atoms with E-state index in [-0.39, 0.29) is 6.79 Å². The van der Waals surface area contributed by atoms with Crippen molar-refractivity contribution < 1.29 is 13.9 Å². The van der Waals surface area contributed by atoms with Crippen molar-refractivity contribution in [2.45, 2.75) is 0 Å². The van der Waals surface area contributed by atoms with Gasteiger partial charge in [0, 0.05) is 17.3 Å². The molecule has 5 rings (SSSR count). The third-order valence-electron chi connectivity index (χ3n) is 4.43. The minimum atomic E-state index is 0.207. The van der Waals surface area contributed by atoms with Crippen LogP contribution in [-0.4, -0.2) is 16.8 Å². The summed E-state index contributed by atoms with van der Waals surface area (Å²) in [4.78, 5) is 9.11. The van der Waals surface area contributed by atoms with E-state index in [4.69, 9.17) is 24.1 Å². The Hall–Kier alpha value is -4.11. The van der Waals surface area contributed by atoms with Crippen LogP contribution in [0.3, 0.4) is 0 Å². The predicted octanol–water partition coefficient (Wildman–Crippen LogP) is 4.67. The van der Waals surface area contributed by atoms with Crippen molar-refractivity contribution in [2.75, 3.05) is 6.79 Å². The van der Waals surface area contributed by atoms with Crippen LogP contribution >= 0.6 is 0 Å². The minimum absolute atomic E-state index is 0.207. The van der Waals surface area contributed by atoms with Gasteiger partial charge in [-0.15, -0.1) is 0 Å². The van der Waals surface area contributed by atoms with Crippen LogP contribution in [0.4, 0.5) is 0 Å². The fourth-order valence-corrected chi connectivity index (χ4v) is 3.04. The molecule has 3 heterocycles. The highest BCUT2D eigenvalue weighted by Gasteiger charge is 2.21. The van der Waals surface area contributed by atoms with Crippen LogP contribution in [-0.2, 0) is 0 Å². The smallest absolute Gasteiger partial charge is 0.231 e. The lowest BCUT2D eigenvalue weighted by molar-refractivity contribution is 0.174. The molecule has 134 valence electrons. The first kappa shape index (κ1) is 16.1. The molecular formula is C22H13N3O3. The van der Waals surface area contributed by atoms with Gasteiger partial charge < -0.3 is 13.9 Å². The van der Waals surface area contributed by atoms with Crippen molar-refractivity contribution in [1.82, 2.24) is 9.97 Å². The molecule has 28 heavy (non-hydrogen) atoms. The quantitative estimate of drug-likeness (QED) is 0.523. The zero-order valence-corrected chi connectivity index (χ0v) is 14.6. The second-order valence-corrected chi connectivity index (χ2v) is 6.17. The molecule has 0 saturated heterocycles. The van der Waals surface area contributed by atoms with Gasteiger partial charge in [0.05, 0.1) is 17.3 Å². The van der Waals surface area contributed by atoms with Gasteiger partial charge in [0.15, 0.2) is 17.3 Å². The third-order valence-corrected chi connectivity index (χ3v) is 4.43. The zero-order chi connectivity index (χ0) is 18.9. The number of nitriles is 1. The summed E-state index contributed by atoms with van der Waals surface area (Å²) in [5.41, 5.74) is 3.52. The maximum atomic E-state index is 9.00. The van der Waals surface area contributed by atoms with Gasteiger partial charge in [-0.2, -0.15) is 5.26 Å². The standard InChI is InChI=1S/C22H13N3O3/c23-12-14-4-6-15(7-5-14)22-25-20(17-3-1-2-10-24-17)21(28-22)16-8-9-18-19(11-16)27-13-26-18/h1-11H,13H2. The number of oxazole rings is 1. The fourth-order valence-electron chi connectivity index (χ4n) is 3.04. The molecule has 6 heteroatoms. The van der Waals surface area contributed by atoms with E-state index in [1.165, 1.54) is 0 Å². The molecule has 4 aromatic rings. The van der Waals surface area contributed by atoms with Crippen LogP contribution < -0.4 is 9.47 Å². The fraction of sp³-hybridized carbons (Fsp3) is 0.0455. The molecule has 0 unspecified atom stereocenters. The molecular weight excluding hydrogens is 354 g/mol. The third kappa shape index (κ3) is 2.75. The number of nitrogens with zero attached hydrogens (tertiary/aromatic N) is 3. The average Bonchev–Trinajstić information content (AvgIpc) is 3.41. The Morgan fingerprint density at radius 1 is 0.893 bits per heavy atom. The molecule has 0 amide bonds. The summed E-state index contributed by atoms with van der Waals surface area (Å²) in [6.45, 7) is 0.207. The van der Waals surface area contributed by atoms with Crippen LogP contribution in [0.25, 0.3) is 34.2 Å². The monoisotopic (exact) mass is 367 g/mol. The Kier molecular flexibility index (Phi) is 3.77. The zero-order valence-electron chi connectivity index (χ0n) is 14.6. The summed E-state index contributed by atoms with van der Waals surface area (Å²) < 4.78 is 17.0. The number of fused-ring (bicyclic) bond motifs is 1. The van der Waals surface area contributed by atoms with Crippen molar-refractivity contribution in [2.24, 2.45) is 0 Å². The Bertz CT molecular complexity index is 1190. The summed E-state index contributed by atoms with van der Waals surface area (Å²) in [6, 6.07) is 20.5. The molecule has 2 aromatic carbocycles. The number of hydrogen-bond acceptors (Lipinski definition) is 6. The second-order valence-electron chi connectivity index (χ2n) is 6.17. The Morgan fingerprint density at radius 3 is 2.50 bits per heavy atom. The van der Waals surface area contributed by atoms with Crippen molar-refractivity contribution >= 4 is 0 Å². The van der Waals surface area contributed by atoms with E-state index in [2.05, 4.69) is 11.1 Å². The largest absolute Gasteiger partial charge is 0.454 e. The molecule has 1 aliphatic heterocycles. The van der Waals surface area contributed by atoms with Gasteiger partial charge in [-0.05, 0) is 54.6 Å². The molecule has 2 aromatic heterocycles. The van der Waals surface area contributed by atoms with Gasteiger partial charge in [0.2, 0.25) is 12.7 Å². The lowest BCUT2D eigenvalue weighted by Crippen LogP contribution is -1.92. The van der Waals surface area contributed by atoms with Crippen molar-refractivity contribution in [3.05, 3.63) is 72.4 Å². The van der Waals surface area contributed by atoms with Crippen molar-refractivity contribution in [3.8, 4) is 51.7 Å². The second kappa shape index (κ2) is 6.56. The molecule has 6 nitrogen and oxygen atoms in total. The highest BCUT2D eigenvalue weighted by molar-refractivity contribution is 5.78. The minimum Gasteiger partial charge on any atom is -0.454 e. The summed E-state index contributed by atoms with van der Waals surface area (Å²) in [6.07, 6.45) is 1.72. The molecule has 0 radical (unpaired) electrons. The van der Waals surface area contributed by atoms with Crippen LogP contribution in [0.2, 0.25) is 0 Å². The maximum absolute atomic E-state index is 9.00. The highest BCUT2D eigenvalue weighted by Crippen LogP contribution is 2.40. The summed E-state index contributed by atoms with van der Waals surface area (Å²) in [7, 11) is 0. The van der Waals surface area contributed by atoms with E-state index in [0.717, 1.165) is 11.1 Å². The van der Waals surface area contributed by atoms with Crippen molar-refractivity contribution in [1.29, 1.82) is 5.26 Å². The van der Waals surface area contributed by atoms with E-state index < -0.39 is 0 Å². The first-order valence-electron chi connectivity index (χ1n) is 8.64. The van der Waals surface area contributed by atoms with E-state index >= 15 is 0 Å².